The molecule has 0 saturated heterocycles. The second kappa shape index (κ2) is 9.43. The first-order valence-electron chi connectivity index (χ1n) is 11.8. The third-order valence-corrected chi connectivity index (χ3v) is 6.93. The number of halogens is 2. The molecule has 0 amide bonds. The Kier molecular flexibility index (Phi) is 6.25. The number of rotatable bonds is 5. The zero-order chi connectivity index (χ0) is 27.3. The summed E-state index contributed by atoms with van der Waals surface area (Å²) in [6.07, 6.45) is 1.61. The van der Waals surface area contributed by atoms with Crippen molar-refractivity contribution in [2.75, 3.05) is 10.2 Å². The molecule has 11 heteroatoms. The third-order valence-electron chi connectivity index (χ3n) is 6.72. The lowest BCUT2D eigenvalue weighted by Crippen LogP contribution is -2.28. The second-order valence-corrected chi connectivity index (χ2v) is 9.63. The van der Waals surface area contributed by atoms with Gasteiger partial charge >= 0.3 is 5.97 Å². The number of carbonyl (C=O) groups is 1. The van der Waals surface area contributed by atoms with E-state index in [0.717, 1.165) is 16.7 Å². The Morgan fingerprint density at radius 2 is 2.05 bits per heavy atom. The van der Waals surface area contributed by atoms with Crippen LogP contribution in [0.15, 0.2) is 47.4 Å². The molecular weight excluding hydrogens is 511 g/mol. The maximum Gasteiger partial charge on any atom is 0.356 e. The molecule has 0 unspecified atom stereocenters. The topological polar surface area (TPSA) is 124 Å². The summed E-state index contributed by atoms with van der Waals surface area (Å²) in [4.78, 5) is 35.8. The van der Waals surface area contributed by atoms with Crippen LogP contribution in [-0.2, 0) is 6.54 Å². The highest BCUT2D eigenvalue weighted by molar-refractivity contribution is 6.29. The molecule has 0 aliphatic carbocycles. The van der Waals surface area contributed by atoms with Crippen LogP contribution >= 0.6 is 11.6 Å². The highest BCUT2D eigenvalue weighted by Gasteiger charge is 2.32. The number of hydrogen-bond acceptors (Lipinski definition) is 7. The van der Waals surface area contributed by atoms with Crippen LogP contribution in [0.4, 0.5) is 15.9 Å². The van der Waals surface area contributed by atoms with Crippen molar-refractivity contribution < 1.29 is 14.3 Å². The van der Waals surface area contributed by atoms with Gasteiger partial charge in [-0.25, -0.2) is 19.2 Å². The fourth-order valence-corrected chi connectivity index (χ4v) is 5.06. The van der Waals surface area contributed by atoms with Crippen molar-refractivity contribution >= 4 is 34.7 Å². The van der Waals surface area contributed by atoms with Crippen molar-refractivity contribution in [3.63, 3.8) is 0 Å². The lowest BCUT2D eigenvalue weighted by molar-refractivity contribution is 0.0691. The van der Waals surface area contributed by atoms with E-state index in [2.05, 4.69) is 10.3 Å². The Bertz CT molecular complexity index is 1730. The lowest BCUT2D eigenvalue weighted by atomic mass is 10.1. The Hall–Kier alpha value is -4.49. The lowest BCUT2D eigenvalue weighted by Gasteiger charge is -2.25. The summed E-state index contributed by atoms with van der Waals surface area (Å²) in [5.41, 5.74) is 2.68. The molecule has 5 rings (SSSR count). The summed E-state index contributed by atoms with van der Waals surface area (Å²) < 4.78 is 15.2. The fourth-order valence-electron chi connectivity index (χ4n) is 4.91. The highest BCUT2D eigenvalue weighted by atomic mass is 35.5. The summed E-state index contributed by atoms with van der Waals surface area (Å²) in [5, 5.41) is 22.7. The summed E-state index contributed by atoms with van der Waals surface area (Å²) >= 11 is 5.89. The first-order chi connectivity index (χ1) is 18.1. The van der Waals surface area contributed by atoms with E-state index in [1.54, 1.807) is 19.2 Å². The van der Waals surface area contributed by atoms with E-state index in [9.17, 15) is 24.3 Å². The number of benzene rings is 1. The van der Waals surface area contributed by atoms with Crippen molar-refractivity contribution in [2.45, 2.75) is 39.4 Å². The highest BCUT2D eigenvalue weighted by Crippen LogP contribution is 2.38. The number of carboxylic acids is 1. The number of aryl methyl sites for hydroxylation is 1. The predicted octanol–water partition coefficient (Wildman–Crippen LogP) is 5.01. The van der Waals surface area contributed by atoms with E-state index in [0.29, 0.717) is 17.8 Å². The van der Waals surface area contributed by atoms with E-state index < -0.39 is 17.6 Å². The molecular formula is C27H22ClFN6O3. The fraction of sp³-hybridized carbons (Fsp3) is 0.222. The molecule has 9 nitrogen and oxygen atoms in total. The Morgan fingerprint density at radius 3 is 2.76 bits per heavy atom. The van der Waals surface area contributed by atoms with E-state index in [4.69, 9.17) is 16.6 Å². The van der Waals surface area contributed by atoms with Gasteiger partial charge in [-0.3, -0.25) is 9.20 Å². The number of carboxylic acid groups (broad SMARTS) is 1. The number of pyridine rings is 2. The molecule has 38 heavy (non-hydrogen) atoms. The van der Waals surface area contributed by atoms with Gasteiger partial charge in [-0.05, 0) is 67.8 Å². The van der Waals surface area contributed by atoms with Crippen LogP contribution in [-0.4, -0.2) is 25.4 Å². The molecule has 0 saturated carbocycles. The number of aromatic nitrogens is 3. The minimum atomic E-state index is -1.24. The summed E-state index contributed by atoms with van der Waals surface area (Å²) in [6, 6.07) is 10.6. The number of nitrogens with one attached hydrogen (secondary N) is 1. The normalized spacial score (nSPS) is 15.3. The van der Waals surface area contributed by atoms with Crippen LogP contribution in [0.1, 0.15) is 64.2 Å². The van der Waals surface area contributed by atoms with E-state index in [-0.39, 0.29) is 39.8 Å². The number of fused-ring (bicyclic) bond motifs is 2. The van der Waals surface area contributed by atoms with Gasteiger partial charge in [-0.15, -0.1) is 0 Å². The number of hydrogen-bond donors (Lipinski definition) is 2. The first kappa shape index (κ1) is 25.2. The molecule has 2 atom stereocenters. The van der Waals surface area contributed by atoms with Gasteiger partial charge in [-0.1, -0.05) is 17.7 Å². The van der Waals surface area contributed by atoms with Gasteiger partial charge in [-0.2, -0.15) is 5.26 Å². The Morgan fingerprint density at radius 1 is 1.29 bits per heavy atom. The van der Waals surface area contributed by atoms with Crippen LogP contribution in [0.2, 0.25) is 5.15 Å². The number of aromatic carboxylic acids is 1. The van der Waals surface area contributed by atoms with Crippen LogP contribution < -0.4 is 15.8 Å². The van der Waals surface area contributed by atoms with Crippen molar-refractivity contribution in [3.05, 3.63) is 97.4 Å². The minimum absolute atomic E-state index is 0.0455. The maximum absolute atomic E-state index is 13.9. The molecule has 1 aromatic carbocycles. The zero-order valence-corrected chi connectivity index (χ0v) is 21.4. The average Bonchev–Trinajstić information content (AvgIpc) is 3.19. The molecule has 1 aliphatic heterocycles. The Labute approximate surface area is 221 Å². The molecule has 4 heterocycles. The largest absolute Gasteiger partial charge is 0.476 e. The number of nitrogens with zero attached hydrogens (tertiary/aromatic N) is 5. The van der Waals surface area contributed by atoms with Gasteiger partial charge in [0.2, 0.25) is 0 Å². The van der Waals surface area contributed by atoms with Crippen molar-refractivity contribution in [2.24, 2.45) is 0 Å². The molecule has 0 bridgehead atoms. The molecule has 192 valence electrons. The molecule has 0 fully saturated rings. The van der Waals surface area contributed by atoms with Gasteiger partial charge in [0.1, 0.15) is 22.7 Å². The maximum atomic E-state index is 13.9. The van der Waals surface area contributed by atoms with Crippen molar-refractivity contribution in [1.29, 1.82) is 5.26 Å². The molecule has 1 aliphatic rings. The monoisotopic (exact) mass is 532 g/mol. The van der Waals surface area contributed by atoms with Crippen molar-refractivity contribution in [3.8, 4) is 6.07 Å². The van der Waals surface area contributed by atoms with Gasteiger partial charge < -0.3 is 15.3 Å². The molecule has 0 radical (unpaired) electrons. The zero-order valence-electron chi connectivity index (χ0n) is 20.7. The number of nitriles is 1. The predicted molar refractivity (Wildman–Crippen MR) is 140 cm³/mol. The van der Waals surface area contributed by atoms with Gasteiger partial charge in [0, 0.05) is 18.3 Å². The third kappa shape index (κ3) is 4.21. The SMILES string of the molecule is Cc1cc([C@@H](C)Nc2ccc(Cl)nc2C(=O)O)c2nc(N3Cc4cc(F)ccc4[C@H]3C)c(C#N)c(=O)n2c1. The Balaban J connectivity index is 1.65. The van der Waals surface area contributed by atoms with Crippen molar-refractivity contribution in [1.82, 2.24) is 14.4 Å². The summed E-state index contributed by atoms with van der Waals surface area (Å²) in [5.74, 6) is -1.40. The van der Waals surface area contributed by atoms with Crippen LogP contribution in [0.3, 0.4) is 0 Å². The minimum Gasteiger partial charge on any atom is -0.476 e. The van der Waals surface area contributed by atoms with E-state index >= 15 is 0 Å². The molecule has 3 aromatic heterocycles. The quantitative estimate of drug-likeness (QED) is 0.344. The van der Waals surface area contributed by atoms with Gasteiger partial charge in [0.15, 0.2) is 17.1 Å². The smallest absolute Gasteiger partial charge is 0.356 e. The summed E-state index contributed by atoms with van der Waals surface area (Å²) in [6.45, 7) is 5.81. The second-order valence-electron chi connectivity index (χ2n) is 9.24. The average molecular weight is 533 g/mol. The van der Waals surface area contributed by atoms with E-state index in [1.807, 2.05) is 30.9 Å². The van der Waals surface area contributed by atoms with Crippen LogP contribution in [0.25, 0.3) is 5.65 Å². The standard InChI is InChI=1S/C27H22ClFN6O3/c1-13-8-19(14(2)31-21-6-7-22(28)32-23(21)27(37)38)24-33-25(20(10-30)26(36)35(24)11-13)34-12-16-9-17(29)4-5-18(16)15(34)3/h4-9,11,14-15,31H,12H2,1-3H3,(H,37,38)/t14-,15-/m1/s1. The molecule has 4 aromatic rings. The molecule has 0 spiro atoms. The van der Waals surface area contributed by atoms with Gasteiger partial charge in [0.05, 0.1) is 17.8 Å². The van der Waals surface area contributed by atoms with Crippen LogP contribution in [0.5, 0.6) is 0 Å². The molecule has 2 N–H and O–H groups in total. The van der Waals surface area contributed by atoms with E-state index in [1.165, 1.54) is 28.7 Å². The van der Waals surface area contributed by atoms with Crippen LogP contribution in [0, 0.1) is 24.1 Å². The summed E-state index contributed by atoms with van der Waals surface area (Å²) in [7, 11) is 0. The number of anilines is 2. The van der Waals surface area contributed by atoms with Gasteiger partial charge in [0.25, 0.3) is 5.56 Å². The first-order valence-corrected chi connectivity index (χ1v) is 12.1.